The molecule has 2 rings (SSSR count). The number of carbonyl (C=O) groups is 1. The van der Waals surface area contributed by atoms with Gasteiger partial charge < -0.3 is 15.2 Å². The standard InChI is InChI=1S/C17H19N3O3/c1-3-6-13-15(17(21)22-4-2)14(11-7-5-8-20-10-11)12(9-18)16(19)23-13/h5,7-8,10,14H,3-4,6,19H2,1-2H3. The summed E-state index contributed by atoms with van der Waals surface area (Å²) in [6.45, 7) is 3.94. The molecule has 1 aliphatic heterocycles. The molecule has 0 amide bonds. The highest BCUT2D eigenvalue weighted by Gasteiger charge is 2.37. The smallest absolute Gasteiger partial charge is 0.338 e. The molecule has 0 spiro atoms. The van der Waals surface area contributed by atoms with Gasteiger partial charge in [0.05, 0.1) is 18.1 Å². The number of rotatable bonds is 5. The summed E-state index contributed by atoms with van der Waals surface area (Å²) in [4.78, 5) is 16.6. The normalized spacial score (nSPS) is 17.5. The van der Waals surface area contributed by atoms with Gasteiger partial charge in [-0.3, -0.25) is 4.98 Å². The minimum Gasteiger partial charge on any atom is -0.463 e. The zero-order valence-electron chi connectivity index (χ0n) is 13.2. The predicted octanol–water partition coefficient (Wildman–Crippen LogP) is 2.51. The third-order valence-electron chi connectivity index (χ3n) is 3.49. The first kappa shape index (κ1) is 16.6. The molecule has 1 aromatic heterocycles. The minimum absolute atomic E-state index is 0.0258. The van der Waals surface area contributed by atoms with Crippen LogP contribution in [0.4, 0.5) is 0 Å². The molecule has 0 saturated carbocycles. The van der Waals surface area contributed by atoms with E-state index in [0.717, 1.165) is 6.42 Å². The number of nitriles is 1. The summed E-state index contributed by atoms with van der Waals surface area (Å²) in [7, 11) is 0. The number of nitrogens with two attached hydrogens (primary N) is 1. The van der Waals surface area contributed by atoms with Crippen molar-refractivity contribution in [2.24, 2.45) is 5.73 Å². The number of esters is 1. The molecule has 6 heteroatoms. The van der Waals surface area contributed by atoms with Crippen molar-refractivity contribution in [1.82, 2.24) is 4.98 Å². The van der Waals surface area contributed by atoms with E-state index in [4.69, 9.17) is 15.2 Å². The first-order chi connectivity index (χ1) is 11.1. The number of hydrogen-bond acceptors (Lipinski definition) is 6. The Morgan fingerprint density at radius 3 is 2.87 bits per heavy atom. The van der Waals surface area contributed by atoms with Crippen molar-refractivity contribution in [2.45, 2.75) is 32.6 Å². The van der Waals surface area contributed by atoms with E-state index in [0.29, 0.717) is 23.3 Å². The Labute approximate surface area is 135 Å². The van der Waals surface area contributed by atoms with Crippen LogP contribution in [0.25, 0.3) is 0 Å². The number of allylic oxidation sites excluding steroid dienone is 2. The van der Waals surface area contributed by atoms with Gasteiger partial charge in [0.15, 0.2) is 0 Å². The van der Waals surface area contributed by atoms with Gasteiger partial charge in [-0.2, -0.15) is 5.26 Å². The summed E-state index contributed by atoms with van der Waals surface area (Å²) in [5.41, 5.74) is 7.12. The molecule has 0 aromatic carbocycles. The van der Waals surface area contributed by atoms with Crippen LogP contribution in [0.15, 0.2) is 47.3 Å². The summed E-state index contributed by atoms with van der Waals surface area (Å²) in [6.07, 6.45) is 4.55. The van der Waals surface area contributed by atoms with Crippen molar-refractivity contribution in [1.29, 1.82) is 5.26 Å². The third-order valence-corrected chi connectivity index (χ3v) is 3.49. The number of nitrogens with zero attached hydrogens (tertiary/aromatic N) is 2. The van der Waals surface area contributed by atoms with Crippen molar-refractivity contribution in [3.8, 4) is 6.07 Å². The summed E-state index contributed by atoms with van der Waals surface area (Å²) in [5.74, 6) is -0.637. The van der Waals surface area contributed by atoms with E-state index >= 15 is 0 Å². The van der Waals surface area contributed by atoms with Crippen LogP contribution in [0.1, 0.15) is 38.2 Å². The van der Waals surface area contributed by atoms with Gasteiger partial charge in [0.25, 0.3) is 0 Å². The maximum absolute atomic E-state index is 12.5. The lowest BCUT2D eigenvalue weighted by molar-refractivity contribution is -0.139. The maximum Gasteiger partial charge on any atom is 0.338 e. The Bertz CT molecular complexity index is 687. The zero-order valence-corrected chi connectivity index (χ0v) is 13.2. The molecule has 1 unspecified atom stereocenters. The van der Waals surface area contributed by atoms with Crippen LogP contribution in [-0.4, -0.2) is 17.6 Å². The van der Waals surface area contributed by atoms with E-state index in [2.05, 4.69) is 11.1 Å². The first-order valence-electron chi connectivity index (χ1n) is 7.51. The van der Waals surface area contributed by atoms with Gasteiger partial charge in [-0.05, 0) is 25.0 Å². The van der Waals surface area contributed by atoms with Crippen LogP contribution in [0, 0.1) is 11.3 Å². The number of hydrogen-bond donors (Lipinski definition) is 1. The Balaban J connectivity index is 2.62. The first-order valence-corrected chi connectivity index (χ1v) is 7.51. The molecule has 1 aliphatic rings. The van der Waals surface area contributed by atoms with E-state index in [1.165, 1.54) is 0 Å². The second-order valence-corrected chi connectivity index (χ2v) is 5.02. The van der Waals surface area contributed by atoms with Crippen molar-refractivity contribution >= 4 is 5.97 Å². The fourth-order valence-electron chi connectivity index (χ4n) is 2.54. The van der Waals surface area contributed by atoms with Gasteiger partial charge in [-0.25, -0.2) is 4.79 Å². The summed E-state index contributed by atoms with van der Waals surface area (Å²) >= 11 is 0. The molecule has 2 N–H and O–H groups in total. The third kappa shape index (κ3) is 3.34. The van der Waals surface area contributed by atoms with Crippen molar-refractivity contribution < 1.29 is 14.3 Å². The van der Waals surface area contributed by atoms with Crippen molar-refractivity contribution in [3.63, 3.8) is 0 Å². The van der Waals surface area contributed by atoms with E-state index in [9.17, 15) is 10.1 Å². The Hall–Kier alpha value is -2.81. The second kappa shape index (κ2) is 7.45. The van der Waals surface area contributed by atoms with E-state index in [-0.39, 0.29) is 18.1 Å². The molecule has 0 radical (unpaired) electrons. The summed E-state index contributed by atoms with van der Waals surface area (Å²) in [6, 6.07) is 5.60. The highest BCUT2D eigenvalue weighted by Crippen LogP contribution is 2.40. The van der Waals surface area contributed by atoms with Crippen molar-refractivity contribution in [3.05, 3.63) is 52.9 Å². The zero-order chi connectivity index (χ0) is 16.8. The number of ether oxygens (including phenoxy) is 2. The lowest BCUT2D eigenvalue weighted by Gasteiger charge is -2.27. The molecule has 23 heavy (non-hydrogen) atoms. The van der Waals surface area contributed by atoms with Gasteiger partial charge in [0, 0.05) is 18.8 Å². The fourth-order valence-corrected chi connectivity index (χ4v) is 2.54. The molecule has 0 saturated heterocycles. The molecule has 0 fully saturated rings. The van der Waals surface area contributed by atoms with Gasteiger partial charge in [-0.15, -0.1) is 0 Å². The van der Waals surface area contributed by atoms with E-state index < -0.39 is 11.9 Å². The van der Waals surface area contributed by atoms with Crippen LogP contribution >= 0.6 is 0 Å². The van der Waals surface area contributed by atoms with Crippen LogP contribution in [-0.2, 0) is 14.3 Å². The molecular formula is C17H19N3O3. The summed E-state index contributed by atoms with van der Waals surface area (Å²) in [5, 5.41) is 9.48. The highest BCUT2D eigenvalue weighted by molar-refractivity contribution is 5.92. The molecule has 6 nitrogen and oxygen atoms in total. The molecule has 0 aliphatic carbocycles. The Morgan fingerprint density at radius 2 is 2.30 bits per heavy atom. The largest absolute Gasteiger partial charge is 0.463 e. The average molecular weight is 313 g/mol. The number of aromatic nitrogens is 1. The lowest BCUT2D eigenvalue weighted by Crippen LogP contribution is -2.26. The predicted molar refractivity (Wildman–Crippen MR) is 83.5 cm³/mol. The van der Waals surface area contributed by atoms with Crippen molar-refractivity contribution in [2.75, 3.05) is 6.61 Å². The molecule has 1 aromatic rings. The molecule has 120 valence electrons. The monoisotopic (exact) mass is 313 g/mol. The van der Waals surface area contributed by atoms with E-state index in [1.54, 1.807) is 31.5 Å². The van der Waals surface area contributed by atoms with Crippen LogP contribution < -0.4 is 5.73 Å². The average Bonchev–Trinajstić information content (AvgIpc) is 2.55. The van der Waals surface area contributed by atoms with Crippen LogP contribution in [0.5, 0.6) is 0 Å². The summed E-state index contributed by atoms with van der Waals surface area (Å²) < 4.78 is 10.7. The van der Waals surface area contributed by atoms with Gasteiger partial charge in [0.2, 0.25) is 5.88 Å². The van der Waals surface area contributed by atoms with Gasteiger partial charge >= 0.3 is 5.97 Å². The number of pyridine rings is 1. The molecule has 2 heterocycles. The SMILES string of the molecule is CCCC1=C(C(=O)OCC)C(c2cccnc2)C(C#N)=C(N)O1. The van der Waals surface area contributed by atoms with Gasteiger partial charge in [0.1, 0.15) is 17.4 Å². The highest BCUT2D eigenvalue weighted by atomic mass is 16.5. The van der Waals surface area contributed by atoms with Crippen LogP contribution in [0.2, 0.25) is 0 Å². The number of carbonyl (C=O) groups excluding carboxylic acids is 1. The second-order valence-electron chi connectivity index (χ2n) is 5.02. The fraction of sp³-hybridized carbons (Fsp3) is 0.353. The molecular weight excluding hydrogens is 294 g/mol. The lowest BCUT2D eigenvalue weighted by atomic mass is 9.83. The van der Waals surface area contributed by atoms with Gasteiger partial charge in [-0.1, -0.05) is 13.0 Å². The van der Waals surface area contributed by atoms with E-state index in [1.807, 2.05) is 6.92 Å². The Morgan fingerprint density at radius 1 is 1.52 bits per heavy atom. The van der Waals surface area contributed by atoms with Crippen LogP contribution in [0.3, 0.4) is 0 Å². The molecule has 1 atom stereocenters. The quantitative estimate of drug-likeness (QED) is 0.839. The molecule has 0 bridgehead atoms. The Kier molecular flexibility index (Phi) is 5.36. The maximum atomic E-state index is 12.5. The topological polar surface area (TPSA) is 98.2 Å². The minimum atomic E-state index is -0.622.